The minimum Gasteiger partial charge on any atom is -0.508 e. The molecule has 0 unspecified atom stereocenters. The molecule has 1 amide bonds. The fourth-order valence-electron chi connectivity index (χ4n) is 5.46. The molecular formula is C34H47N7O3. The van der Waals surface area contributed by atoms with Crippen molar-refractivity contribution in [1.82, 2.24) is 30.0 Å². The molecule has 3 N–H and O–H groups in total. The van der Waals surface area contributed by atoms with E-state index in [1.165, 1.54) is 98.5 Å². The van der Waals surface area contributed by atoms with Crippen LogP contribution in [0.15, 0.2) is 59.4 Å². The van der Waals surface area contributed by atoms with Gasteiger partial charge in [-0.1, -0.05) is 115 Å². The Balaban J connectivity index is 1.27. The third kappa shape index (κ3) is 9.65. The van der Waals surface area contributed by atoms with Crippen LogP contribution in [0.2, 0.25) is 0 Å². The lowest BCUT2D eigenvalue weighted by Crippen LogP contribution is -2.17. The van der Waals surface area contributed by atoms with Crippen molar-refractivity contribution in [2.24, 2.45) is 0 Å². The number of benzene rings is 2. The van der Waals surface area contributed by atoms with Crippen LogP contribution in [0.3, 0.4) is 0 Å². The number of unbranched alkanes of at least 4 members (excludes halogenated alkanes) is 14. The van der Waals surface area contributed by atoms with Gasteiger partial charge in [-0.05, 0) is 53.2 Å². The second kappa shape index (κ2) is 17.8. The number of nitrogens with one attached hydrogen (secondary N) is 2. The molecule has 236 valence electrons. The standard InChI is InChI=1S/C34H47N7O3/c1-2-3-4-5-6-7-8-9-10-11-12-13-14-15-19-22-30(43)35-32-31(34(44)41(37-32)27-20-17-16-18-21-27)33-36-38-39-40(33)28-23-25-29(42)26-24-28/h16-18,20-21,23-26,37,42H,2-15,19,22H2,1H3,(H,35,43). The number of amides is 1. The van der Waals surface area contributed by atoms with Crippen LogP contribution in [0, 0.1) is 0 Å². The van der Waals surface area contributed by atoms with Crippen LogP contribution in [0.1, 0.15) is 110 Å². The van der Waals surface area contributed by atoms with E-state index in [0.717, 1.165) is 19.3 Å². The number of anilines is 1. The molecule has 0 aliphatic carbocycles. The monoisotopic (exact) mass is 601 g/mol. The number of carbonyl (C=O) groups excluding carboxylic acids is 1. The van der Waals surface area contributed by atoms with Crippen molar-refractivity contribution in [3.05, 3.63) is 65.0 Å². The van der Waals surface area contributed by atoms with Gasteiger partial charge in [-0.25, -0.2) is 4.68 Å². The molecule has 4 rings (SSSR count). The molecule has 0 aliphatic rings. The Kier molecular flexibility index (Phi) is 13.2. The van der Waals surface area contributed by atoms with E-state index < -0.39 is 5.56 Å². The van der Waals surface area contributed by atoms with Crippen molar-refractivity contribution in [3.63, 3.8) is 0 Å². The van der Waals surface area contributed by atoms with Gasteiger partial charge in [0.15, 0.2) is 5.82 Å². The molecular weight excluding hydrogens is 554 g/mol. The van der Waals surface area contributed by atoms with E-state index in [1.54, 1.807) is 24.3 Å². The lowest BCUT2D eigenvalue weighted by Gasteiger charge is -2.07. The lowest BCUT2D eigenvalue weighted by molar-refractivity contribution is -0.116. The molecule has 0 bridgehead atoms. The van der Waals surface area contributed by atoms with Gasteiger partial charge in [-0.15, -0.1) is 5.10 Å². The smallest absolute Gasteiger partial charge is 0.284 e. The van der Waals surface area contributed by atoms with Crippen LogP contribution >= 0.6 is 0 Å². The number of H-pyrrole nitrogens is 1. The molecule has 0 atom stereocenters. The SMILES string of the molecule is CCCCCCCCCCCCCCCCCC(=O)Nc1[nH]n(-c2ccccc2)c(=O)c1-c1nnnn1-c1ccc(O)cc1. The van der Waals surface area contributed by atoms with Gasteiger partial charge < -0.3 is 10.4 Å². The number of nitrogens with zero attached hydrogens (tertiary/aromatic N) is 5. The van der Waals surface area contributed by atoms with E-state index in [9.17, 15) is 14.7 Å². The van der Waals surface area contributed by atoms with Gasteiger partial charge >= 0.3 is 0 Å². The van der Waals surface area contributed by atoms with Gasteiger partial charge in [-0.3, -0.25) is 14.7 Å². The van der Waals surface area contributed by atoms with Crippen LogP contribution in [-0.2, 0) is 4.79 Å². The first-order valence-electron chi connectivity index (χ1n) is 16.4. The molecule has 2 aromatic carbocycles. The van der Waals surface area contributed by atoms with E-state index >= 15 is 0 Å². The highest BCUT2D eigenvalue weighted by Crippen LogP contribution is 2.25. The van der Waals surface area contributed by atoms with Crippen molar-refractivity contribution < 1.29 is 9.90 Å². The third-order valence-corrected chi connectivity index (χ3v) is 7.96. The number of hydrogen-bond acceptors (Lipinski definition) is 6. The van der Waals surface area contributed by atoms with Crippen LogP contribution in [0.5, 0.6) is 5.75 Å². The Labute approximate surface area is 259 Å². The zero-order valence-electron chi connectivity index (χ0n) is 26.0. The maximum atomic E-state index is 13.6. The molecule has 0 saturated heterocycles. The predicted octanol–water partition coefficient (Wildman–Crippen LogP) is 7.71. The highest BCUT2D eigenvalue weighted by Gasteiger charge is 2.24. The number of carbonyl (C=O) groups is 1. The fourth-order valence-corrected chi connectivity index (χ4v) is 5.46. The van der Waals surface area contributed by atoms with E-state index in [4.69, 9.17) is 0 Å². The van der Waals surface area contributed by atoms with Crippen molar-refractivity contribution in [3.8, 4) is 28.5 Å². The van der Waals surface area contributed by atoms with Crippen LogP contribution in [0.4, 0.5) is 5.82 Å². The number of tetrazole rings is 1. The average molecular weight is 602 g/mol. The Morgan fingerprint density at radius 1 is 0.773 bits per heavy atom. The summed E-state index contributed by atoms with van der Waals surface area (Å²) in [5, 5.41) is 27.6. The zero-order valence-corrected chi connectivity index (χ0v) is 26.0. The van der Waals surface area contributed by atoms with E-state index in [0.29, 0.717) is 17.8 Å². The first kappa shape index (κ1) is 32.7. The van der Waals surface area contributed by atoms with Crippen molar-refractivity contribution >= 4 is 11.7 Å². The lowest BCUT2D eigenvalue weighted by atomic mass is 10.0. The van der Waals surface area contributed by atoms with Gasteiger partial charge in [-0.2, -0.15) is 4.68 Å². The van der Waals surface area contributed by atoms with Gasteiger partial charge in [0.05, 0.1) is 11.4 Å². The number of rotatable bonds is 20. The number of aromatic nitrogens is 6. The molecule has 4 aromatic rings. The quantitative estimate of drug-likeness (QED) is 0.0889. The molecule has 10 nitrogen and oxygen atoms in total. The summed E-state index contributed by atoms with van der Waals surface area (Å²) in [6.45, 7) is 2.26. The summed E-state index contributed by atoms with van der Waals surface area (Å²) in [6, 6.07) is 15.4. The summed E-state index contributed by atoms with van der Waals surface area (Å²) >= 11 is 0. The van der Waals surface area contributed by atoms with E-state index in [2.05, 4.69) is 32.9 Å². The first-order valence-corrected chi connectivity index (χ1v) is 16.4. The predicted molar refractivity (Wildman–Crippen MR) is 174 cm³/mol. The number of hydrogen-bond donors (Lipinski definition) is 3. The summed E-state index contributed by atoms with van der Waals surface area (Å²) in [5.41, 5.74) is 0.931. The topological polar surface area (TPSA) is 131 Å². The minimum atomic E-state index is -0.395. The second-order valence-electron chi connectivity index (χ2n) is 11.5. The Hall–Kier alpha value is -4.21. The molecule has 2 aromatic heterocycles. The fraction of sp³-hybridized carbons (Fsp3) is 0.500. The highest BCUT2D eigenvalue weighted by atomic mass is 16.3. The average Bonchev–Trinajstić information content (AvgIpc) is 3.63. The molecule has 0 radical (unpaired) electrons. The van der Waals surface area contributed by atoms with Crippen LogP contribution in [0.25, 0.3) is 22.8 Å². The minimum absolute atomic E-state index is 0.100. The van der Waals surface area contributed by atoms with E-state index in [-0.39, 0.29) is 28.9 Å². The Morgan fingerprint density at radius 3 is 1.93 bits per heavy atom. The van der Waals surface area contributed by atoms with Gasteiger partial charge in [0.25, 0.3) is 5.56 Å². The van der Waals surface area contributed by atoms with Crippen LogP contribution in [-0.4, -0.2) is 41.0 Å². The first-order chi connectivity index (χ1) is 21.6. The maximum absolute atomic E-state index is 13.6. The van der Waals surface area contributed by atoms with E-state index in [1.807, 2.05) is 18.2 Å². The number of phenols is 1. The number of phenolic OH excluding ortho intramolecular Hbond substituents is 1. The van der Waals surface area contributed by atoms with Crippen molar-refractivity contribution in [1.29, 1.82) is 0 Å². The van der Waals surface area contributed by atoms with Crippen molar-refractivity contribution in [2.75, 3.05) is 5.32 Å². The molecule has 44 heavy (non-hydrogen) atoms. The highest BCUT2D eigenvalue weighted by molar-refractivity contribution is 5.93. The summed E-state index contributed by atoms with van der Waals surface area (Å²) in [5.74, 6) is 0.336. The number of aromatic amines is 1. The molecule has 0 aliphatic heterocycles. The molecule has 10 heteroatoms. The summed E-state index contributed by atoms with van der Waals surface area (Å²) in [7, 11) is 0. The molecule has 0 saturated carbocycles. The number of aromatic hydroxyl groups is 1. The van der Waals surface area contributed by atoms with Gasteiger partial charge in [0.2, 0.25) is 5.91 Å². The second-order valence-corrected chi connectivity index (χ2v) is 11.5. The normalized spacial score (nSPS) is 11.2. The van der Waals surface area contributed by atoms with Gasteiger partial charge in [0.1, 0.15) is 17.1 Å². The summed E-state index contributed by atoms with van der Waals surface area (Å²) in [6.07, 6.45) is 19.3. The number of para-hydroxylation sites is 1. The molecule has 0 spiro atoms. The molecule has 2 heterocycles. The summed E-state index contributed by atoms with van der Waals surface area (Å²) < 4.78 is 2.78. The Morgan fingerprint density at radius 2 is 1.34 bits per heavy atom. The Bertz CT molecular complexity index is 1460. The van der Waals surface area contributed by atoms with Crippen LogP contribution < -0.4 is 10.9 Å². The van der Waals surface area contributed by atoms with Gasteiger partial charge in [0, 0.05) is 6.42 Å². The maximum Gasteiger partial charge on any atom is 0.284 e. The third-order valence-electron chi connectivity index (χ3n) is 7.96. The zero-order chi connectivity index (χ0) is 31.0. The van der Waals surface area contributed by atoms with Crippen molar-refractivity contribution in [2.45, 2.75) is 110 Å². The molecule has 0 fully saturated rings. The summed E-state index contributed by atoms with van der Waals surface area (Å²) in [4.78, 5) is 26.6. The largest absolute Gasteiger partial charge is 0.508 e.